The summed E-state index contributed by atoms with van der Waals surface area (Å²) in [6, 6.07) is 11.8. The highest BCUT2D eigenvalue weighted by atomic mass is 35.5. The minimum absolute atomic E-state index is 0.423. The molecule has 1 N–H and O–H groups in total. The second-order valence-corrected chi connectivity index (χ2v) is 6.05. The summed E-state index contributed by atoms with van der Waals surface area (Å²) in [6.07, 6.45) is 0.797. The molecule has 0 spiro atoms. The van der Waals surface area contributed by atoms with E-state index in [1.54, 1.807) is 6.07 Å². The predicted octanol–water partition coefficient (Wildman–Crippen LogP) is 4.76. The summed E-state index contributed by atoms with van der Waals surface area (Å²) in [5, 5.41) is 11.3. The van der Waals surface area contributed by atoms with E-state index < -0.39 is 6.10 Å². The molecule has 0 bridgehead atoms. The van der Waals surface area contributed by atoms with Gasteiger partial charge in [-0.05, 0) is 55.5 Å². The molecule has 3 heteroatoms. The topological polar surface area (TPSA) is 20.2 Å². The number of aliphatic hydroxyl groups is 1. The molecule has 2 rings (SSSR count). The third kappa shape index (κ3) is 3.99. The van der Waals surface area contributed by atoms with Crippen LogP contribution in [0.3, 0.4) is 0 Å². The summed E-state index contributed by atoms with van der Waals surface area (Å²) in [5.74, 6) is 0. The standard InChI is InChI=1S/C17H18Cl2O/c1-11-3-4-12(2)14(7-11)10-15(20)8-13-5-6-16(18)17(19)9-13/h3-7,9,15,20H,8,10H2,1-2H3. The van der Waals surface area contributed by atoms with Gasteiger partial charge in [-0.15, -0.1) is 0 Å². The fourth-order valence-corrected chi connectivity index (χ4v) is 2.61. The van der Waals surface area contributed by atoms with E-state index in [0.717, 1.165) is 5.56 Å². The first-order valence-electron chi connectivity index (χ1n) is 6.64. The summed E-state index contributed by atoms with van der Waals surface area (Å²) < 4.78 is 0. The quantitative estimate of drug-likeness (QED) is 0.863. The van der Waals surface area contributed by atoms with E-state index >= 15 is 0 Å². The Morgan fingerprint density at radius 3 is 2.40 bits per heavy atom. The minimum Gasteiger partial charge on any atom is -0.392 e. The summed E-state index contributed by atoms with van der Waals surface area (Å²) in [6.45, 7) is 4.13. The lowest BCUT2D eigenvalue weighted by Crippen LogP contribution is -2.14. The highest BCUT2D eigenvalue weighted by Gasteiger charge is 2.10. The second kappa shape index (κ2) is 6.62. The van der Waals surface area contributed by atoms with Crippen LogP contribution in [0.5, 0.6) is 0 Å². The van der Waals surface area contributed by atoms with Gasteiger partial charge in [-0.1, -0.05) is 53.0 Å². The van der Waals surface area contributed by atoms with Crippen LogP contribution in [0.2, 0.25) is 10.0 Å². The SMILES string of the molecule is Cc1ccc(C)c(CC(O)Cc2ccc(Cl)c(Cl)c2)c1. The first-order valence-corrected chi connectivity index (χ1v) is 7.39. The van der Waals surface area contributed by atoms with Crippen LogP contribution in [0.1, 0.15) is 22.3 Å². The Hall–Kier alpha value is -1.02. The van der Waals surface area contributed by atoms with Crippen molar-refractivity contribution in [3.05, 3.63) is 68.7 Å². The van der Waals surface area contributed by atoms with Gasteiger partial charge in [0, 0.05) is 0 Å². The first-order chi connectivity index (χ1) is 9.45. The van der Waals surface area contributed by atoms with Crippen LogP contribution in [-0.2, 0) is 12.8 Å². The van der Waals surface area contributed by atoms with Gasteiger partial charge in [0.2, 0.25) is 0 Å². The van der Waals surface area contributed by atoms with E-state index in [1.807, 2.05) is 12.1 Å². The number of benzene rings is 2. The smallest absolute Gasteiger partial charge is 0.0620 e. The van der Waals surface area contributed by atoms with Gasteiger partial charge in [-0.25, -0.2) is 0 Å². The molecule has 0 aliphatic carbocycles. The van der Waals surface area contributed by atoms with Gasteiger partial charge in [0.1, 0.15) is 0 Å². The molecule has 1 unspecified atom stereocenters. The zero-order chi connectivity index (χ0) is 14.7. The molecule has 1 atom stereocenters. The highest BCUT2D eigenvalue weighted by molar-refractivity contribution is 6.42. The number of hydrogen-bond acceptors (Lipinski definition) is 1. The molecular weight excluding hydrogens is 291 g/mol. The number of rotatable bonds is 4. The highest BCUT2D eigenvalue weighted by Crippen LogP contribution is 2.23. The average Bonchev–Trinajstić information content (AvgIpc) is 2.38. The van der Waals surface area contributed by atoms with Crippen molar-refractivity contribution < 1.29 is 5.11 Å². The van der Waals surface area contributed by atoms with Crippen molar-refractivity contribution in [3.8, 4) is 0 Å². The zero-order valence-corrected chi connectivity index (χ0v) is 13.2. The molecule has 0 aromatic heterocycles. The van der Waals surface area contributed by atoms with Crippen molar-refractivity contribution >= 4 is 23.2 Å². The van der Waals surface area contributed by atoms with Crippen molar-refractivity contribution in [3.63, 3.8) is 0 Å². The lowest BCUT2D eigenvalue weighted by atomic mass is 9.97. The van der Waals surface area contributed by atoms with Crippen LogP contribution in [0.25, 0.3) is 0 Å². The molecule has 0 aliphatic rings. The summed E-state index contributed by atoms with van der Waals surface area (Å²) >= 11 is 11.9. The average molecular weight is 309 g/mol. The molecule has 0 heterocycles. The van der Waals surface area contributed by atoms with Crippen LogP contribution >= 0.6 is 23.2 Å². The molecule has 0 saturated carbocycles. The van der Waals surface area contributed by atoms with Crippen LogP contribution in [-0.4, -0.2) is 11.2 Å². The molecule has 0 saturated heterocycles. The Balaban J connectivity index is 2.06. The largest absolute Gasteiger partial charge is 0.392 e. The molecular formula is C17H18Cl2O. The molecule has 2 aromatic rings. The van der Waals surface area contributed by atoms with E-state index in [2.05, 4.69) is 32.0 Å². The van der Waals surface area contributed by atoms with Gasteiger partial charge in [0.05, 0.1) is 16.1 Å². The Kier molecular flexibility index (Phi) is 5.09. The first kappa shape index (κ1) is 15.4. The lowest BCUT2D eigenvalue weighted by Gasteiger charge is -2.14. The van der Waals surface area contributed by atoms with Crippen LogP contribution in [0, 0.1) is 13.8 Å². The number of hydrogen-bond donors (Lipinski definition) is 1. The van der Waals surface area contributed by atoms with Crippen molar-refractivity contribution in [2.24, 2.45) is 0 Å². The summed E-state index contributed by atoms with van der Waals surface area (Å²) in [7, 11) is 0. The van der Waals surface area contributed by atoms with Crippen LogP contribution < -0.4 is 0 Å². The van der Waals surface area contributed by atoms with Gasteiger partial charge < -0.3 is 5.11 Å². The fourth-order valence-electron chi connectivity index (χ4n) is 2.28. The monoisotopic (exact) mass is 308 g/mol. The van der Waals surface area contributed by atoms with Gasteiger partial charge in [-0.3, -0.25) is 0 Å². The van der Waals surface area contributed by atoms with Crippen LogP contribution in [0.4, 0.5) is 0 Å². The number of aryl methyl sites for hydroxylation is 2. The fraction of sp³-hybridized carbons (Fsp3) is 0.294. The van der Waals surface area contributed by atoms with Crippen molar-refractivity contribution in [2.75, 3.05) is 0 Å². The Morgan fingerprint density at radius 1 is 0.950 bits per heavy atom. The zero-order valence-electron chi connectivity index (χ0n) is 11.7. The van der Waals surface area contributed by atoms with E-state index in [4.69, 9.17) is 23.2 Å². The van der Waals surface area contributed by atoms with Crippen molar-refractivity contribution in [2.45, 2.75) is 32.8 Å². The molecule has 0 aliphatic heterocycles. The van der Waals surface area contributed by atoms with E-state index in [-0.39, 0.29) is 0 Å². The maximum Gasteiger partial charge on any atom is 0.0620 e. The third-order valence-corrected chi connectivity index (χ3v) is 4.15. The molecule has 2 aromatic carbocycles. The van der Waals surface area contributed by atoms with Gasteiger partial charge >= 0.3 is 0 Å². The molecule has 106 valence electrons. The summed E-state index contributed by atoms with van der Waals surface area (Å²) in [4.78, 5) is 0. The summed E-state index contributed by atoms with van der Waals surface area (Å²) in [5.41, 5.74) is 4.62. The molecule has 0 fully saturated rings. The normalized spacial score (nSPS) is 12.4. The number of aliphatic hydroxyl groups excluding tert-OH is 1. The maximum absolute atomic E-state index is 10.3. The van der Waals surface area contributed by atoms with Gasteiger partial charge in [0.15, 0.2) is 0 Å². The van der Waals surface area contributed by atoms with E-state index in [0.29, 0.717) is 22.9 Å². The van der Waals surface area contributed by atoms with Crippen molar-refractivity contribution in [1.29, 1.82) is 0 Å². The van der Waals surface area contributed by atoms with Crippen LogP contribution in [0.15, 0.2) is 36.4 Å². The van der Waals surface area contributed by atoms with E-state index in [9.17, 15) is 5.11 Å². The van der Waals surface area contributed by atoms with Gasteiger partial charge in [0.25, 0.3) is 0 Å². The second-order valence-electron chi connectivity index (χ2n) is 5.24. The molecule has 1 nitrogen and oxygen atoms in total. The predicted molar refractivity (Wildman–Crippen MR) is 85.8 cm³/mol. The molecule has 20 heavy (non-hydrogen) atoms. The maximum atomic E-state index is 10.3. The molecule has 0 radical (unpaired) electrons. The minimum atomic E-state index is -0.423. The van der Waals surface area contributed by atoms with Crippen molar-refractivity contribution in [1.82, 2.24) is 0 Å². The Bertz CT molecular complexity index is 608. The number of halogens is 2. The third-order valence-electron chi connectivity index (χ3n) is 3.42. The molecule has 0 amide bonds. The Morgan fingerprint density at radius 2 is 1.70 bits per heavy atom. The lowest BCUT2D eigenvalue weighted by molar-refractivity contribution is 0.175. The Labute approximate surface area is 130 Å². The van der Waals surface area contributed by atoms with E-state index in [1.165, 1.54) is 16.7 Å². The van der Waals surface area contributed by atoms with Gasteiger partial charge in [-0.2, -0.15) is 0 Å².